The number of hydrogen-bond donors (Lipinski definition) is 0. The van der Waals surface area contributed by atoms with Gasteiger partial charge < -0.3 is 0 Å². The molecule has 0 unspecified atom stereocenters. The number of nitriles is 1. The summed E-state index contributed by atoms with van der Waals surface area (Å²) in [7, 11) is 0. The molecule has 1 aliphatic heterocycles. The van der Waals surface area contributed by atoms with E-state index in [9.17, 15) is 19.7 Å². The van der Waals surface area contributed by atoms with Gasteiger partial charge in [0, 0.05) is 12.1 Å². The molecule has 132 valence electrons. The zero-order valence-electron chi connectivity index (χ0n) is 13.4. The standard InChI is InChI=1S/C17H8N4O4S2/c18-5-6-26-17-19-13-4-2-9(8-14(13)27-17)20-15(22)11-3-1-10(21(24)25)7-12(11)16(20)23/h1-4,7-8H,6H2. The molecule has 2 heterocycles. The lowest BCUT2D eigenvalue weighted by Gasteiger charge is -2.13. The minimum Gasteiger partial charge on any atom is -0.268 e. The van der Waals surface area contributed by atoms with E-state index in [2.05, 4.69) is 4.98 Å². The van der Waals surface area contributed by atoms with Gasteiger partial charge in [0.1, 0.15) is 0 Å². The van der Waals surface area contributed by atoms with Crippen molar-refractivity contribution >= 4 is 56.5 Å². The summed E-state index contributed by atoms with van der Waals surface area (Å²) in [6.45, 7) is 0. The van der Waals surface area contributed by atoms with Gasteiger partial charge in [-0.2, -0.15) is 5.26 Å². The number of hydrogen-bond acceptors (Lipinski definition) is 8. The molecule has 0 saturated heterocycles. The van der Waals surface area contributed by atoms with Crippen molar-refractivity contribution in [3.63, 3.8) is 0 Å². The van der Waals surface area contributed by atoms with Gasteiger partial charge in [-0.1, -0.05) is 11.8 Å². The van der Waals surface area contributed by atoms with Crippen molar-refractivity contribution in [3.8, 4) is 6.07 Å². The number of rotatable bonds is 4. The minimum atomic E-state index is -0.607. The first-order valence-corrected chi connectivity index (χ1v) is 9.37. The van der Waals surface area contributed by atoms with Crippen LogP contribution >= 0.6 is 23.1 Å². The van der Waals surface area contributed by atoms with Gasteiger partial charge >= 0.3 is 0 Å². The predicted molar refractivity (Wildman–Crippen MR) is 100 cm³/mol. The summed E-state index contributed by atoms with van der Waals surface area (Å²) in [5, 5.41) is 19.6. The summed E-state index contributed by atoms with van der Waals surface area (Å²) < 4.78 is 1.50. The van der Waals surface area contributed by atoms with Gasteiger partial charge in [-0.05, 0) is 24.3 Å². The molecule has 2 aromatic carbocycles. The van der Waals surface area contributed by atoms with E-state index < -0.39 is 16.7 Å². The molecule has 0 atom stereocenters. The number of benzene rings is 2. The number of thiazole rings is 1. The lowest BCUT2D eigenvalue weighted by molar-refractivity contribution is -0.384. The molecule has 0 fully saturated rings. The van der Waals surface area contributed by atoms with Gasteiger partial charge in [0.05, 0.1) is 43.8 Å². The van der Waals surface area contributed by atoms with Crippen LogP contribution in [0.2, 0.25) is 0 Å². The number of nitrogens with zero attached hydrogens (tertiary/aromatic N) is 4. The molecule has 0 radical (unpaired) electrons. The number of carbonyl (C=O) groups is 2. The average Bonchev–Trinajstić information content (AvgIpc) is 3.17. The Kier molecular flexibility index (Phi) is 4.10. The van der Waals surface area contributed by atoms with Gasteiger partial charge in [-0.15, -0.1) is 11.3 Å². The monoisotopic (exact) mass is 396 g/mol. The van der Waals surface area contributed by atoms with E-state index in [1.54, 1.807) is 18.2 Å². The number of thioether (sulfide) groups is 1. The minimum absolute atomic E-state index is 0.0175. The maximum Gasteiger partial charge on any atom is 0.270 e. The second kappa shape index (κ2) is 6.46. The van der Waals surface area contributed by atoms with Crippen molar-refractivity contribution in [2.24, 2.45) is 0 Å². The summed E-state index contributed by atoms with van der Waals surface area (Å²) >= 11 is 2.68. The van der Waals surface area contributed by atoms with Crippen molar-refractivity contribution in [3.05, 3.63) is 57.6 Å². The molecule has 4 rings (SSSR count). The molecule has 0 spiro atoms. The van der Waals surface area contributed by atoms with Crippen molar-refractivity contribution in [2.75, 3.05) is 10.7 Å². The number of non-ortho nitro benzene ring substituents is 1. The molecule has 1 aromatic heterocycles. The molecule has 2 amide bonds. The summed E-state index contributed by atoms with van der Waals surface area (Å²) in [6, 6.07) is 10.7. The summed E-state index contributed by atoms with van der Waals surface area (Å²) in [6.07, 6.45) is 0. The molecular weight excluding hydrogens is 388 g/mol. The molecule has 3 aromatic rings. The van der Waals surface area contributed by atoms with E-state index >= 15 is 0 Å². The Morgan fingerprint density at radius 2 is 1.96 bits per heavy atom. The van der Waals surface area contributed by atoms with Crippen molar-refractivity contribution < 1.29 is 14.5 Å². The molecular formula is C17H8N4O4S2. The second-order valence-electron chi connectivity index (χ2n) is 5.51. The lowest BCUT2D eigenvalue weighted by atomic mass is 10.1. The smallest absolute Gasteiger partial charge is 0.268 e. The molecule has 0 saturated carbocycles. The van der Waals surface area contributed by atoms with Crippen LogP contribution in [0.5, 0.6) is 0 Å². The Morgan fingerprint density at radius 3 is 2.70 bits per heavy atom. The van der Waals surface area contributed by atoms with Crippen LogP contribution in [0.25, 0.3) is 10.2 Å². The van der Waals surface area contributed by atoms with E-state index in [1.807, 2.05) is 6.07 Å². The van der Waals surface area contributed by atoms with Crippen LogP contribution in [0.1, 0.15) is 20.7 Å². The Bertz CT molecular complexity index is 1180. The van der Waals surface area contributed by atoms with Crippen molar-refractivity contribution in [2.45, 2.75) is 4.34 Å². The van der Waals surface area contributed by atoms with Gasteiger partial charge in [0.25, 0.3) is 17.5 Å². The number of nitro benzene ring substituents is 1. The molecule has 1 aliphatic rings. The Labute approximate surface area is 160 Å². The zero-order valence-corrected chi connectivity index (χ0v) is 15.0. The molecule has 0 bridgehead atoms. The first-order valence-electron chi connectivity index (χ1n) is 7.57. The highest BCUT2D eigenvalue weighted by Gasteiger charge is 2.38. The quantitative estimate of drug-likeness (QED) is 0.286. The number of fused-ring (bicyclic) bond motifs is 2. The van der Waals surface area contributed by atoms with Crippen LogP contribution in [0.3, 0.4) is 0 Å². The Balaban J connectivity index is 1.73. The number of carbonyl (C=O) groups excluding carboxylic acids is 2. The molecule has 27 heavy (non-hydrogen) atoms. The van der Waals surface area contributed by atoms with E-state index in [1.165, 1.54) is 35.2 Å². The van der Waals surface area contributed by atoms with Gasteiger partial charge in [0.15, 0.2) is 4.34 Å². The average molecular weight is 396 g/mol. The Hall–Kier alpha value is -3.29. The van der Waals surface area contributed by atoms with E-state index in [0.717, 1.165) is 20.0 Å². The van der Waals surface area contributed by atoms with Crippen LogP contribution in [-0.4, -0.2) is 27.5 Å². The van der Waals surface area contributed by atoms with Crippen LogP contribution in [0.15, 0.2) is 40.7 Å². The van der Waals surface area contributed by atoms with E-state index in [4.69, 9.17) is 5.26 Å². The zero-order chi connectivity index (χ0) is 19.1. The molecule has 10 heteroatoms. The fourth-order valence-electron chi connectivity index (χ4n) is 2.76. The SMILES string of the molecule is N#CCSc1nc2ccc(N3C(=O)c4ccc([N+](=O)[O-])cc4C3=O)cc2s1. The summed E-state index contributed by atoms with van der Waals surface area (Å²) in [4.78, 5) is 41.1. The normalized spacial score (nSPS) is 13.1. The van der Waals surface area contributed by atoms with Crippen LogP contribution in [0, 0.1) is 21.4 Å². The van der Waals surface area contributed by atoms with E-state index in [-0.39, 0.29) is 22.6 Å². The highest BCUT2D eigenvalue weighted by molar-refractivity contribution is 8.01. The van der Waals surface area contributed by atoms with Gasteiger partial charge in [0.2, 0.25) is 0 Å². The van der Waals surface area contributed by atoms with Crippen LogP contribution < -0.4 is 4.90 Å². The fourth-order valence-corrected chi connectivity index (χ4v) is 4.53. The first kappa shape index (κ1) is 17.1. The third-order valence-corrected chi connectivity index (χ3v) is 5.98. The molecule has 0 N–H and O–H groups in total. The Morgan fingerprint density at radius 1 is 1.19 bits per heavy atom. The van der Waals surface area contributed by atoms with Crippen molar-refractivity contribution in [1.82, 2.24) is 4.98 Å². The van der Waals surface area contributed by atoms with E-state index in [0.29, 0.717) is 11.2 Å². The largest absolute Gasteiger partial charge is 0.270 e. The number of amides is 2. The van der Waals surface area contributed by atoms with Gasteiger partial charge in [-0.25, -0.2) is 9.88 Å². The highest BCUT2D eigenvalue weighted by Crippen LogP contribution is 2.35. The fraction of sp³-hybridized carbons (Fsp3) is 0.0588. The number of aromatic nitrogens is 1. The summed E-state index contributed by atoms with van der Waals surface area (Å²) in [5.74, 6) is -0.835. The third-order valence-electron chi connectivity index (χ3n) is 3.95. The van der Waals surface area contributed by atoms with Gasteiger partial charge in [-0.3, -0.25) is 19.7 Å². The highest BCUT2D eigenvalue weighted by atomic mass is 32.2. The van der Waals surface area contributed by atoms with Crippen LogP contribution in [0.4, 0.5) is 11.4 Å². The maximum absolute atomic E-state index is 12.7. The topological polar surface area (TPSA) is 117 Å². The lowest BCUT2D eigenvalue weighted by Crippen LogP contribution is -2.29. The third kappa shape index (κ3) is 2.83. The maximum atomic E-state index is 12.7. The number of imide groups is 1. The number of nitro groups is 1. The molecule has 0 aliphatic carbocycles. The second-order valence-corrected chi connectivity index (χ2v) is 7.76. The molecule has 8 nitrogen and oxygen atoms in total. The van der Waals surface area contributed by atoms with Crippen LogP contribution in [-0.2, 0) is 0 Å². The number of anilines is 1. The predicted octanol–water partition coefficient (Wildman–Crippen LogP) is 3.62. The first-order chi connectivity index (χ1) is 13.0. The summed E-state index contributed by atoms with van der Waals surface area (Å²) in [5.41, 5.74) is 0.992. The van der Waals surface area contributed by atoms with Crippen molar-refractivity contribution in [1.29, 1.82) is 5.26 Å².